The average Bonchev–Trinajstić information content (AvgIpc) is 2.45. The number of aromatic nitrogens is 1. The molecule has 0 saturated carbocycles. The van der Waals surface area contributed by atoms with Crippen LogP contribution in [0.2, 0.25) is 0 Å². The molecule has 0 spiro atoms. The summed E-state index contributed by atoms with van der Waals surface area (Å²) in [5, 5.41) is 30.8. The van der Waals surface area contributed by atoms with Crippen LogP contribution in [0.4, 0.5) is 11.5 Å². The summed E-state index contributed by atoms with van der Waals surface area (Å²) in [6.45, 7) is -0.665. The van der Waals surface area contributed by atoms with Gasteiger partial charge in [-0.05, 0) is 0 Å². The smallest absolute Gasteiger partial charge is 0.300 e. The molecule has 9 heteroatoms. The Labute approximate surface area is 114 Å². The van der Waals surface area contributed by atoms with Gasteiger partial charge in [-0.15, -0.1) is 0 Å². The zero-order valence-corrected chi connectivity index (χ0v) is 10.5. The minimum absolute atomic E-state index is 0.222. The second kappa shape index (κ2) is 6.66. The van der Waals surface area contributed by atoms with E-state index in [1.165, 1.54) is 6.07 Å². The molecule has 0 unspecified atom stereocenters. The molecule has 0 aliphatic rings. The number of hydrogen-bond donors (Lipinski definition) is 1. The number of carbonyl (C=O) groups is 1. The summed E-state index contributed by atoms with van der Waals surface area (Å²) in [5.41, 5.74) is -0.699. The van der Waals surface area contributed by atoms with Gasteiger partial charge in [-0.3, -0.25) is 14.9 Å². The predicted molar refractivity (Wildman–Crippen MR) is 67.6 cm³/mol. The third-order valence-electron chi connectivity index (χ3n) is 2.38. The number of nitro groups is 1. The van der Waals surface area contributed by atoms with Gasteiger partial charge >= 0.3 is 0 Å². The fourth-order valence-corrected chi connectivity index (χ4v) is 1.44. The fourth-order valence-electron chi connectivity index (χ4n) is 1.44. The van der Waals surface area contributed by atoms with Crippen molar-refractivity contribution in [3.63, 3.8) is 0 Å². The Balaban J connectivity index is 3.28. The van der Waals surface area contributed by atoms with Gasteiger partial charge in [0.05, 0.1) is 17.1 Å². The maximum absolute atomic E-state index is 12.2. The van der Waals surface area contributed by atoms with E-state index in [2.05, 4.69) is 10.3 Å². The Morgan fingerprint density at radius 3 is 2.55 bits per heavy atom. The van der Waals surface area contributed by atoms with E-state index in [0.29, 0.717) is 0 Å². The van der Waals surface area contributed by atoms with Crippen LogP contribution in [0.3, 0.4) is 0 Å². The van der Waals surface area contributed by atoms with Gasteiger partial charge in [0.2, 0.25) is 0 Å². The first kappa shape index (κ1) is 14.9. The number of amides is 1. The largest absolute Gasteiger partial charge is 0.373 e. The maximum atomic E-state index is 12.2. The van der Waals surface area contributed by atoms with E-state index in [-0.39, 0.29) is 24.5 Å². The normalized spacial score (nSPS) is 9.15. The molecule has 20 heavy (non-hydrogen) atoms. The summed E-state index contributed by atoms with van der Waals surface area (Å²) >= 11 is 0. The summed E-state index contributed by atoms with van der Waals surface area (Å²) in [6, 6.07) is 4.68. The van der Waals surface area contributed by atoms with Gasteiger partial charge < -0.3 is 10.2 Å². The average molecular weight is 274 g/mol. The van der Waals surface area contributed by atoms with E-state index in [1.807, 2.05) is 0 Å². The van der Waals surface area contributed by atoms with E-state index in [9.17, 15) is 14.9 Å². The zero-order valence-electron chi connectivity index (χ0n) is 10.5. The van der Waals surface area contributed by atoms with E-state index in [4.69, 9.17) is 10.5 Å². The Hall–Kier alpha value is -3.20. The van der Waals surface area contributed by atoms with Crippen molar-refractivity contribution < 1.29 is 9.72 Å². The van der Waals surface area contributed by atoms with E-state index in [0.717, 1.165) is 11.1 Å². The molecule has 0 aliphatic carbocycles. The zero-order chi connectivity index (χ0) is 15.1. The summed E-state index contributed by atoms with van der Waals surface area (Å²) in [5.74, 6) is -0.494. The third kappa shape index (κ3) is 3.17. The summed E-state index contributed by atoms with van der Waals surface area (Å²) in [6.07, 6.45) is 0.954. The second-order valence-corrected chi connectivity index (χ2v) is 3.57. The van der Waals surface area contributed by atoms with Crippen LogP contribution in [0.15, 0.2) is 12.3 Å². The van der Waals surface area contributed by atoms with Gasteiger partial charge in [-0.25, -0.2) is 4.98 Å². The van der Waals surface area contributed by atoms with Gasteiger partial charge in [0.15, 0.2) is 0 Å². The molecule has 1 heterocycles. The fraction of sp³-hybridized carbons (Fsp3) is 0.273. The third-order valence-corrected chi connectivity index (χ3v) is 2.38. The molecule has 9 nitrogen and oxygen atoms in total. The standard InChI is InChI=1S/C11H10N6O3/c1-14-10-6-8(9(7-15-10)17(19)20)11(18)16(4-2-12)5-3-13/h6-7H,4-5H2,1H3,(H,14,15). The van der Waals surface area contributed by atoms with Gasteiger partial charge in [0.25, 0.3) is 11.6 Å². The SMILES string of the molecule is CNc1cc(C(=O)N(CC#N)CC#N)c([N+](=O)[O-])cn1. The molecule has 0 atom stereocenters. The highest BCUT2D eigenvalue weighted by Gasteiger charge is 2.25. The predicted octanol–water partition coefficient (Wildman–Crippen LogP) is 0.521. The lowest BCUT2D eigenvalue weighted by Crippen LogP contribution is -2.32. The van der Waals surface area contributed by atoms with Crippen molar-refractivity contribution in [3.05, 3.63) is 27.9 Å². The number of carbonyl (C=O) groups excluding carboxylic acids is 1. The number of nitrogens with one attached hydrogen (secondary N) is 1. The Bertz CT molecular complexity index is 600. The number of nitrogens with zero attached hydrogens (tertiary/aromatic N) is 5. The Morgan fingerprint density at radius 2 is 2.10 bits per heavy atom. The van der Waals surface area contributed by atoms with E-state index < -0.39 is 16.5 Å². The van der Waals surface area contributed by atoms with Crippen LogP contribution in [0, 0.1) is 32.8 Å². The van der Waals surface area contributed by atoms with Crippen LogP contribution in [-0.2, 0) is 0 Å². The second-order valence-electron chi connectivity index (χ2n) is 3.57. The van der Waals surface area contributed by atoms with Crippen molar-refractivity contribution in [2.45, 2.75) is 0 Å². The van der Waals surface area contributed by atoms with Crippen molar-refractivity contribution in [2.24, 2.45) is 0 Å². The van der Waals surface area contributed by atoms with Gasteiger partial charge in [-0.2, -0.15) is 10.5 Å². The number of rotatable bonds is 5. The van der Waals surface area contributed by atoms with Crippen molar-refractivity contribution >= 4 is 17.4 Å². The van der Waals surface area contributed by atoms with Crippen LogP contribution in [0.5, 0.6) is 0 Å². The van der Waals surface area contributed by atoms with Crippen LogP contribution >= 0.6 is 0 Å². The molecule has 1 N–H and O–H groups in total. The molecule has 1 rings (SSSR count). The molecule has 0 bridgehead atoms. The summed E-state index contributed by atoms with van der Waals surface area (Å²) in [7, 11) is 1.55. The van der Waals surface area contributed by atoms with Crippen LogP contribution in [0.1, 0.15) is 10.4 Å². The highest BCUT2D eigenvalue weighted by molar-refractivity contribution is 5.99. The first-order chi connectivity index (χ1) is 9.54. The summed E-state index contributed by atoms with van der Waals surface area (Å²) in [4.78, 5) is 27.0. The monoisotopic (exact) mass is 274 g/mol. The first-order valence-electron chi connectivity index (χ1n) is 5.40. The molecule has 0 aliphatic heterocycles. The maximum Gasteiger partial charge on any atom is 0.300 e. The van der Waals surface area contributed by atoms with Crippen molar-refractivity contribution in [1.82, 2.24) is 9.88 Å². The topological polar surface area (TPSA) is 136 Å². The molecular formula is C11H10N6O3. The van der Waals surface area contributed by atoms with Gasteiger partial charge in [0, 0.05) is 13.1 Å². The molecule has 1 aromatic heterocycles. The van der Waals surface area contributed by atoms with Gasteiger partial charge in [-0.1, -0.05) is 0 Å². The quantitative estimate of drug-likeness (QED) is 0.469. The Kier molecular flexibility index (Phi) is 4.95. The number of nitriles is 2. The minimum Gasteiger partial charge on any atom is -0.373 e. The number of anilines is 1. The first-order valence-corrected chi connectivity index (χ1v) is 5.40. The number of hydrogen-bond acceptors (Lipinski definition) is 7. The Morgan fingerprint density at radius 1 is 1.50 bits per heavy atom. The van der Waals surface area contributed by atoms with Crippen LogP contribution in [-0.4, -0.2) is 40.9 Å². The van der Waals surface area contributed by atoms with Gasteiger partial charge in [0.1, 0.15) is 30.7 Å². The van der Waals surface area contributed by atoms with Crippen LogP contribution in [0.25, 0.3) is 0 Å². The lowest BCUT2D eigenvalue weighted by molar-refractivity contribution is -0.385. The van der Waals surface area contributed by atoms with Crippen molar-refractivity contribution in [2.75, 3.05) is 25.5 Å². The lowest BCUT2D eigenvalue weighted by Gasteiger charge is -2.15. The molecule has 0 radical (unpaired) electrons. The van der Waals surface area contributed by atoms with Crippen molar-refractivity contribution in [3.8, 4) is 12.1 Å². The number of pyridine rings is 1. The van der Waals surface area contributed by atoms with Crippen molar-refractivity contribution in [1.29, 1.82) is 10.5 Å². The molecule has 0 fully saturated rings. The highest BCUT2D eigenvalue weighted by atomic mass is 16.6. The summed E-state index contributed by atoms with van der Waals surface area (Å²) < 4.78 is 0. The molecular weight excluding hydrogens is 264 g/mol. The highest BCUT2D eigenvalue weighted by Crippen LogP contribution is 2.21. The molecule has 0 aromatic carbocycles. The minimum atomic E-state index is -0.765. The molecule has 1 aromatic rings. The van der Waals surface area contributed by atoms with E-state index >= 15 is 0 Å². The molecule has 0 saturated heterocycles. The van der Waals surface area contributed by atoms with E-state index in [1.54, 1.807) is 19.2 Å². The lowest BCUT2D eigenvalue weighted by atomic mass is 10.2. The molecule has 102 valence electrons. The molecule has 1 amide bonds. The van der Waals surface area contributed by atoms with Crippen LogP contribution < -0.4 is 5.32 Å².